The summed E-state index contributed by atoms with van der Waals surface area (Å²) in [6.07, 6.45) is 6.54. The third-order valence-corrected chi connectivity index (χ3v) is 7.97. The van der Waals surface area contributed by atoms with E-state index in [0.29, 0.717) is 0 Å². The van der Waals surface area contributed by atoms with E-state index in [0.717, 1.165) is 17.1 Å². The molecular weight excluding hydrogens is 555 g/mol. The second-order valence-corrected chi connectivity index (χ2v) is 11.9. The first-order valence-corrected chi connectivity index (χ1v) is 15.9. The Labute approximate surface area is 275 Å². The minimum absolute atomic E-state index is 1.15. The summed E-state index contributed by atoms with van der Waals surface area (Å²) in [5.41, 5.74) is 14.8. The van der Waals surface area contributed by atoms with Crippen molar-refractivity contribution in [1.29, 1.82) is 0 Å². The zero-order valence-corrected chi connectivity index (χ0v) is 27.6. The van der Waals surface area contributed by atoms with E-state index < -0.39 is 0 Å². The van der Waals surface area contributed by atoms with Crippen LogP contribution in [-0.4, -0.2) is 0 Å². The van der Waals surface area contributed by atoms with Gasteiger partial charge in [0.1, 0.15) is 0 Å². The molecule has 6 aromatic rings. The van der Waals surface area contributed by atoms with Gasteiger partial charge in [-0.2, -0.15) is 0 Å². The molecule has 1 nitrogen and oxygen atoms in total. The number of allylic oxidation sites excluding steroid dienone is 1. The van der Waals surface area contributed by atoms with Crippen LogP contribution in [0.1, 0.15) is 51.4 Å². The Hall–Kier alpha value is -5.40. The van der Waals surface area contributed by atoms with Crippen molar-refractivity contribution >= 4 is 40.9 Å². The molecule has 0 radical (unpaired) electrons. The standard InChI is InChI=1S/C29H27N.C16H16/c1-22-4-10-25(11-5-22)12-13-26-14-20-29(21-15-26)30(27-16-6-23(2)7-17-27)28-18-8-24(3)9-19-28;1-13-8-10-15(11-9-13)12-14(2)16-6-4-3-5-7-16/h4-21H,1-3H3;3-12H,1-2H3/b13-12+;14-12+. The number of hydrogen-bond acceptors (Lipinski definition) is 1. The fourth-order valence-corrected chi connectivity index (χ4v) is 5.14. The molecule has 0 aliphatic carbocycles. The van der Waals surface area contributed by atoms with E-state index in [2.05, 4.69) is 203 Å². The SMILES string of the molecule is C/C(=C\c1ccc(C)cc1)c1ccccc1.Cc1ccc(/C=C/c2ccc(N(c3ccc(C)cc3)c3ccc(C)cc3)cc2)cc1. The van der Waals surface area contributed by atoms with Crippen molar-refractivity contribution in [2.75, 3.05) is 4.90 Å². The molecule has 0 fully saturated rings. The van der Waals surface area contributed by atoms with E-state index in [1.54, 1.807) is 0 Å². The zero-order chi connectivity index (χ0) is 32.3. The van der Waals surface area contributed by atoms with Gasteiger partial charge in [-0.3, -0.25) is 0 Å². The van der Waals surface area contributed by atoms with Gasteiger partial charge in [-0.05, 0) is 98.8 Å². The highest BCUT2D eigenvalue weighted by Crippen LogP contribution is 2.35. The number of benzene rings is 6. The smallest absolute Gasteiger partial charge is 0.0462 e. The monoisotopic (exact) mass is 597 g/mol. The summed E-state index contributed by atoms with van der Waals surface area (Å²) in [4.78, 5) is 2.30. The topological polar surface area (TPSA) is 3.24 Å². The summed E-state index contributed by atoms with van der Waals surface area (Å²) in [6, 6.07) is 53.7. The van der Waals surface area contributed by atoms with Crippen LogP contribution in [-0.2, 0) is 0 Å². The van der Waals surface area contributed by atoms with Gasteiger partial charge < -0.3 is 4.90 Å². The van der Waals surface area contributed by atoms with Crippen LogP contribution in [0.5, 0.6) is 0 Å². The second-order valence-electron chi connectivity index (χ2n) is 11.9. The molecule has 0 atom stereocenters. The summed E-state index contributed by atoms with van der Waals surface area (Å²) in [5.74, 6) is 0. The lowest BCUT2D eigenvalue weighted by Crippen LogP contribution is -2.09. The lowest BCUT2D eigenvalue weighted by molar-refractivity contribution is 1.27. The molecule has 1 heteroatoms. The molecule has 0 unspecified atom stereocenters. The number of hydrogen-bond donors (Lipinski definition) is 0. The molecule has 0 saturated heterocycles. The number of rotatable bonds is 7. The molecule has 0 amide bonds. The predicted molar refractivity (Wildman–Crippen MR) is 202 cm³/mol. The predicted octanol–water partition coefficient (Wildman–Crippen LogP) is 12.8. The lowest BCUT2D eigenvalue weighted by atomic mass is 10.0. The van der Waals surface area contributed by atoms with E-state index in [1.807, 2.05) is 6.07 Å². The second kappa shape index (κ2) is 15.5. The van der Waals surface area contributed by atoms with Crippen molar-refractivity contribution in [3.05, 3.63) is 196 Å². The Morgan fingerprint density at radius 2 is 0.717 bits per heavy atom. The molecule has 0 spiro atoms. The third kappa shape index (κ3) is 9.06. The number of aryl methyl sites for hydroxylation is 4. The first-order chi connectivity index (χ1) is 22.3. The Kier molecular flexibility index (Phi) is 10.8. The minimum atomic E-state index is 1.15. The van der Waals surface area contributed by atoms with E-state index in [1.165, 1.54) is 50.1 Å². The number of nitrogens with zero attached hydrogens (tertiary/aromatic N) is 1. The summed E-state index contributed by atoms with van der Waals surface area (Å²) in [6.45, 7) is 10.6. The van der Waals surface area contributed by atoms with Crippen LogP contribution in [0.4, 0.5) is 17.1 Å². The Morgan fingerprint density at radius 1 is 0.391 bits per heavy atom. The summed E-state index contributed by atoms with van der Waals surface area (Å²) < 4.78 is 0. The molecule has 6 rings (SSSR count). The van der Waals surface area contributed by atoms with E-state index in [4.69, 9.17) is 0 Å². The third-order valence-electron chi connectivity index (χ3n) is 7.97. The quantitative estimate of drug-likeness (QED) is 0.165. The van der Waals surface area contributed by atoms with Gasteiger partial charge in [0, 0.05) is 17.1 Å². The highest BCUT2D eigenvalue weighted by atomic mass is 15.1. The Balaban J connectivity index is 0.000000219. The fraction of sp³-hybridized carbons (Fsp3) is 0.111. The van der Waals surface area contributed by atoms with Crippen LogP contribution in [0, 0.1) is 27.7 Å². The molecular formula is C45H43N. The van der Waals surface area contributed by atoms with Gasteiger partial charge in [-0.1, -0.05) is 156 Å². The van der Waals surface area contributed by atoms with Crippen molar-refractivity contribution in [2.24, 2.45) is 0 Å². The first-order valence-electron chi connectivity index (χ1n) is 15.9. The van der Waals surface area contributed by atoms with Crippen LogP contribution < -0.4 is 4.90 Å². The van der Waals surface area contributed by atoms with Gasteiger partial charge in [0.05, 0.1) is 0 Å². The van der Waals surface area contributed by atoms with Gasteiger partial charge in [-0.25, -0.2) is 0 Å². The molecule has 6 aromatic carbocycles. The van der Waals surface area contributed by atoms with Crippen molar-refractivity contribution in [1.82, 2.24) is 0 Å². The van der Waals surface area contributed by atoms with E-state index in [-0.39, 0.29) is 0 Å². The van der Waals surface area contributed by atoms with Crippen LogP contribution in [0.15, 0.2) is 152 Å². The van der Waals surface area contributed by atoms with E-state index in [9.17, 15) is 0 Å². The minimum Gasteiger partial charge on any atom is -0.311 e. The Bertz CT molecular complexity index is 1810. The van der Waals surface area contributed by atoms with Crippen molar-refractivity contribution in [3.63, 3.8) is 0 Å². The molecule has 0 aliphatic rings. The zero-order valence-electron chi connectivity index (χ0n) is 27.6. The van der Waals surface area contributed by atoms with Crippen LogP contribution in [0.3, 0.4) is 0 Å². The summed E-state index contributed by atoms with van der Waals surface area (Å²) in [5, 5.41) is 0. The van der Waals surface area contributed by atoms with Gasteiger partial charge >= 0.3 is 0 Å². The van der Waals surface area contributed by atoms with Gasteiger partial charge in [-0.15, -0.1) is 0 Å². The summed E-state index contributed by atoms with van der Waals surface area (Å²) >= 11 is 0. The molecule has 46 heavy (non-hydrogen) atoms. The van der Waals surface area contributed by atoms with Gasteiger partial charge in [0.2, 0.25) is 0 Å². The average molecular weight is 598 g/mol. The maximum absolute atomic E-state index is 2.30. The van der Waals surface area contributed by atoms with Crippen molar-refractivity contribution < 1.29 is 0 Å². The highest BCUT2D eigenvalue weighted by molar-refractivity contribution is 5.80. The largest absolute Gasteiger partial charge is 0.311 e. The maximum atomic E-state index is 2.30. The van der Waals surface area contributed by atoms with Gasteiger partial charge in [0.25, 0.3) is 0 Å². The Morgan fingerprint density at radius 3 is 1.13 bits per heavy atom. The first kappa shape index (κ1) is 32.0. The average Bonchev–Trinajstić information content (AvgIpc) is 3.08. The summed E-state index contributed by atoms with van der Waals surface area (Å²) in [7, 11) is 0. The van der Waals surface area contributed by atoms with E-state index >= 15 is 0 Å². The van der Waals surface area contributed by atoms with Crippen LogP contribution in [0.2, 0.25) is 0 Å². The van der Waals surface area contributed by atoms with Crippen molar-refractivity contribution in [2.45, 2.75) is 34.6 Å². The highest BCUT2D eigenvalue weighted by Gasteiger charge is 2.12. The lowest BCUT2D eigenvalue weighted by Gasteiger charge is -2.25. The van der Waals surface area contributed by atoms with Crippen LogP contribution in [0.25, 0.3) is 23.8 Å². The molecule has 0 saturated carbocycles. The van der Waals surface area contributed by atoms with Crippen LogP contribution >= 0.6 is 0 Å². The molecule has 0 aromatic heterocycles. The fourth-order valence-electron chi connectivity index (χ4n) is 5.14. The van der Waals surface area contributed by atoms with Crippen molar-refractivity contribution in [3.8, 4) is 0 Å². The molecule has 0 bridgehead atoms. The molecule has 0 heterocycles. The molecule has 228 valence electrons. The maximum Gasteiger partial charge on any atom is 0.0462 e. The number of anilines is 3. The normalized spacial score (nSPS) is 11.2. The molecule has 0 aliphatic heterocycles. The van der Waals surface area contributed by atoms with Gasteiger partial charge in [0.15, 0.2) is 0 Å². The molecule has 0 N–H and O–H groups in total.